The fraction of sp³-hybridized carbons (Fsp3) is 0.0909. The Bertz CT molecular complexity index is 502. The molecule has 5 heteroatoms. The zero-order valence-electron chi connectivity index (χ0n) is 8.60. The van der Waals surface area contributed by atoms with Crippen LogP contribution < -0.4 is 4.74 Å². The molecular weight excluding hydrogens is 208 g/mol. The number of H-pyrrole nitrogens is 1. The highest BCUT2D eigenvalue weighted by Gasteiger charge is 2.13. The fourth-order valence-corrected chi connectivity index (χ4v) is 1.43. The van der Waals surface area contributed by atoms with Gasteiger partial charge in [0, 0.05) is 5.56 Å². The molecule has 0 aliphatic rings. The van der Waals surface area contributed by atoms with Crippen LogP contribution in [0, 0.1) is 0 Å². The van der Waals surface area contributed by atoms with Crippen LogP contribution in [0.2, 0.25) is 0 Å². The van der Waals surface area contributed by atoms with E-state index in [1.54, 1.807) is 31.4 Å². The van der Waals surface area contributed by atoms with E-state index < -0.39 is 5.97 Å². The fourth-order valence-electron chi connectivity index (χ4n) is 1.43. The van der Waals surface area contributed by atoms with Gasteiger partial charge in [-0.3, -0.25) is 5.10 Å². The Labute approximate surface area is 91.7 Å². The lowest BCUT2D eigenvalue weighted by atomic mass is 10.1. The first-order valence-corrected chi connectivity index (χ1v) is 4.63. The van der Waals surface area contributed by atoms with Crippen molar-refractivity contribution in [2.75, 3.05) is 7.11 Å². The van der Waals surface area contributed by atoms with Gasteiger partial charge in [0.05, 0.1) is 19.0 Å². The quantitative estimate of drug-likeness (QED) is 0.823. The first-order chi connectivity index (χ1) is 7.72. The molecule has 2 aromatic rings. The summed E-state index contributed by atoms with van der Waals surface area (Å²) < 4.78 is 5.02. The normalized spacial score (nSPS) is 10.1. The molecule has 1 aromatic heterocycles. The van der Waals surface area contributed by atoms with Gasteiger partial charge in [0.2, 0.25) is 0 Å². The van der Waals surface area contributed by atoms with Gasteiger partial charge in [-0.1, -0.05) is 0 Å². The molecule has 0 spiro atoms. The summed E-state index contributed by atoms with van der Waals surface area (Å²) in [5.74, 6) is -0.278. The number of hydrogen-bond donors (Lipinski definition) is 2. The molecule has 0 aliphatic carbocycles. The Kier molecular flexibility index (Phi) is 2.59. The van der Waals surface area contributed by atoms with Crippen molar-refractivity contribution in [2.45, 2.75) is 0 Å². The van der Waals surface area contributed by atoms with Crippen molar-refractivity contribution in [3.63, 3.8) is 0 Å². The van der Waals surface area contributed by atoms with Crippen LogP contribution in [-0.4, -0.2) is 28.4 Å². The van der Waals surface area contributed by atoms with Crippen molar-refractivity contribution in [3.8, 4) is 17.0 Å². The van der Waals surface area contributed by atoms with Crippen LogP contribution >= 0.6 is 0 Å². The Morgan fingerprint density at radius 2 is 2.06 bits per heavy atom. The minimum Gasteiger partial charge on any atom is -0.497 e. The van der Waals surface area contributed by atoms with Crippen LogP contribution in [0.3, 0.4) is 0 Å². The maximum atomic E-state index is 10.9. The SMILES string of the molecule is COc1ccc(-c2[nH]ncc2C(=O)O)cc1. The van der Waals surface area contributed by atoms with Crippen molar-refractivity contribution in [1.29, 1.82) is 0 Å². The number of nitrogens with one attached hydrogen (secondary N) is 1. The van der Waals surface area contributed by atoms with Crippen molar-refractivity contribution < 1.29 is 14.6 Å². The molecular formula is C11H10N2O3. The lowest BCUT2D eigenvalue weighted by molar-refractivity contribution is 0.0698. The van der Waals surface area contributed by atoms with Crippen LogP contribution in [0.15, 0.2) is 30.5 Å². The first-order valence-electron chi connectivity index (χ1n) is 4.63. The van der Waals surface area contributed by atoms with Crippen molar-refractivity contribution in [3.05, 3.63) is 36.0 Å². The number of rotatable bonds is 3. The third kappa shape index (κ3) is 1.75. The summed E-state index contributed by atoms with van der Waals surface area (Å²) in [6.45, 7) is 0. The summed E-state index contributed by atoms with van der Waals surface area (Å²) in [5, 5.41) is 15.3. The van der Waals surface area contributed by atoms with E-state index in [4.69, 9.17) is 9.84 Å². The first kappa shape index (κ1) is 10.2. The number of aromatic amines is 1. The topological polar surface area (TPSA) is 75.2 Å². The van der Waals surface area contributed by atoms with Crippen LogP contribution in [0.1, 0.15) is 10.4 Å². The third-order valence-corrected chi connectivity index (χ3v) is 2.25. The number of carbonyl (C=O) groups is 1. The van der Waals surface area contributed by atoms with Crippen molar-refractivity contribution >= 4 is 5.97 Å². The lowest BCUT2D eigenvalue weighted by Gasteiger charge is -2.02. The zero-order chi connectivity index (χ0) is 11.5. The van der Waals surface area contributed by atoms with Crippen LogP contribution in [0.4, 0.5) is 0 Å². The van der Waals surface area contributed by atoms with Crippen molar-refractivity contribution in [2.24, 2.45) is 0 Å². The predicted molar refractivity (Wildman–Crippen MR) is 57.5 cm³/mol. The summed E-state index contributed by atoms with van der Waals surface area (Å²) in [4.78, 5) is 10.9. The molecule has 16 heavy (non-hydrogen) atoms. The number of methoxy groups -OCH3 is 1. The van der Waals surface area contributed by atoms with E-state index in [1.165, 1.54) is 6.20 Å². The highest BCUT2D eigenvalue weighted by molar-refractivity contribution is 5.94. The number of carboxylic acids is 1. The van der Waals surface area contributed by atoms with Crippen molar-refractivity contribution in [1.82, 2.24) is 10.2 Å². The van der Waals surface area contributed by atoms with E-state index in [0.717, 1.165) is 11.3 Å². The van der Waals surface area contributed by atoms with E-state index >= 15 is 0 Å². The van der Waals surface area contributed by atoms with Gasteiger partial charge in [-0.15, -0.1) is 0 Å². The number of nitrogens with zero attached hydrogens (tertiary/aromatic N) is 1. The zero-order valence-corrected chi connectivity index (χ0v) is 8.60. The van der Waals surface area contributed by atoms with Crippen LogP contribution in [0.5, 0.6) is 5.75 Å². The maximum absolute atomic E-state index is 10.9. The summed E-state index contributed by atoms with van der Waals surface area (Å²) in [6.07, 6.45) is 1.29. The molecule has 0 aliphatic heterocycles. The number of ether oxygens (including phenoxy) is 1. The second kappa shape index (κ2) is 4.06. The summed E-state index contributed by atoms with van der Waals surface area (Å²) in [7, 11) is 1.58. The molecule has 0 atom stereocenters. The van der Waals surface area contributed by atoms with Gasteiger partial charge in [-0.2, -0.15) is 5.10 Å². The maximum Gasteiger partial charge on any atom is 0.339 e. The number of aromatic nitrogens is 2. The van der Waals surface area contributed by atoms with Gasteiger partial charge in [0.25, 0.3) is 0 Å². The Balaban J connectivity index is 2.42. The summed E-state index contributed by atoms with van der Waals surface area (Å²) in [5.41, 5.74) is 1.41. The standard InChI is InChI=1S/C11H10N2O3/c1-16-8-4-2-7(3-5-8)10-9(11(14)15)6-12-13-10/h2-6H,1H3,(H,12,13)(H,14,15). The van der Waals surface area contributed by atoms with E-state index in [1.807, 2.05) is 0 Å². The highest BCUT2D eigenvalue weighted by atomic mass is 16.5. The second-order valence-corrected chi connectivity index (χ2v) is 3.19. The largest absolute Gasteiger partial charge is 0.497 e. The number of carboxylic acid groups (broad SMARTS) is 1. The van der Waals surface area contributed by atoms with Crippen LogP contribution in [-0.2, 0) is 0 Å². The molecule has 5 nitrogen and oxygen atoms in total. The Hall–Kier alpha value is -2.30. The molecule has 0 unspecified atom stereocenters. The smallest absolute Gasteiger partial charge is 0.339 e. The van der Waals surface area contributed by atoms with Gasteiger partial charge < -0.3 is 9.84 Å². The Morgan fingerprint density at radius 1 is 1.38 bits per heavy atom. The highest BCUT2D eigenvalue weighted by Crippen LogP contribution is 2.23. The summed E-state index contributed by atoms with van der Waals surface area (Å²) in [6, 6.07) is 7.08. The molecule has 1 aromatic carbocycles. The summed E-state index contributed by atoms with van der Waals surface area (Å²) >= 11 is 0. The predicted octanol–water partition coefficient (Wildman–Crippen LogP) is 1.78. The van der Waals surface area contributed by atoms with Gasteiger partial charge in [-0.05, 0) is 24.3 Å². The van der Waals surface area contributed by atoms with E-state index in [-0.39, 0.29) is 5.56 Å². The number of benzene rings is 1. The monoisotopic (exact) mass is 218 g/mol. The third-order valence-electron chi connectivity index (χ3n) is 2.25. The molecule has 0 amide bonds. The van der Waals surface area contributed by atoms with Crippen LogP contribution in [0.25, 0.3) is 11.3 Å². The van der Waals surface area contributed by atoms with Gasteiger partial charge in [0.15, 0.2) is 0 Å². The average Bonchev–Trinajstić information content (AvgIpc) is 2.78. The number of hydrogen-bond acceptors (Lipinski definition) is 3. The second-order valence-electron chi connectivity index (χ2n) is 3.19. The average molecular weight is 218 g/mol. The molecule has 0 saturated heterocycles. The van der Waals surface area contributed by atoms with Gasteiger partial charge in [-0.25, -0.2) is 4.79 Å². The molecule has 82 valence electrons. The van der Waals surface area contributed by atoms with Gasteiger partial charge in [0.1, 0.15) is 11.3 Å². The minimum absolute atomic E-state index is 0.158. The molecule has 0 saturated carbocycles. The van der Waals surface area contributed by atoms with E-state index in [2.05, 4.69) is 10.2 Å². The molecule has 1 heterocycles. The molecule has 0 bridgehead atoms. The lowest BCUT2D eigenvalue weighted by Crippen LogP contribution is -1.96. The number of aromatic carboxylic acids is 1. The molecule has 2 N–H and O–H groups in total. The van der Waals surface area contributed by atoms with E-state index in [0.29, 0.717) is 5.69 Å². The van der Waals surface area contributed by atoms with E-state index in [9.17, 15) is 4.79 Å². The molecule has 0 fully saturated rings. The molecule has 0 radical (unpaired) electrons. The van der Waals surface area contributed by atoms with Gasteiger partial charge >= 0.3 is 5.97 Å². The minimum atomic E-state index is -1.00. The molecule has 2 rings (SSSR count). The Morgan fingerprint density at radius 3 is 2.62 bits per heavy atom.